The van der Waals surface area contributed by atoms with Crippen molar-refractivity contribution >= 4 is 11.0 Å². The normalized spacial score (nSPS) is 11.1. The smallest absolute Gasteiger partial charge is 0.114 e. The van der Waals surface area contributed by atoms with Crippen molar-refractivity contribution in [2.45, 2.75) is 13.0 Å². The Morgan fingerprint density at radius 2 is 1.84 bits per heavy atom. The van der Waals surface area contributed by atoms with E-state index in [2.05, 4.69) is 41.9 Å². The van der Waals surface area contributed by atoms with Gasteiger partial charge in [0, 0.05) is 20.0 Å². The number of aryl methyl sites for hydroxylation is 1. The molecule has 1 aromatic heterocycles. The zero-order chi connectivity index (χ0) is 13.2. The van der Waals surface area contributed by atoms with E-state index in [0.29, 0.717) is 6.54 Å². The number of hydrogen-bond donors (Lipinski definition) is 1. The topological polar surface area (TPSA) is 43.8 Å². The van der Waals surface area contributed by atoms with Gasteiger partial charge in [-0.1, -0.05) is 36.4 Å². The van der Waals surface area contributed by atoms with Crippen molar-refractivity contribution < 1.29 is 0 Å². The molecule has 19 heavy (non-hydrogen) atoms. The molecular weight excluding hydrogens is 234 g/mol. The van der Waals surface area contributed by atoms with E-state index in [1.165, 1.54) is 5.56 Å². The third-order valence-electron chi connectivity index (χ3n) is 3.48. The summed E-state index contributed by atoms with van der Waals surface area (Å²) >= 11 is 0. The Labute approximate surface area is 112 Å². The first-order valence-corrected chi connectivity index (χ1v) is 6.46. The first-order chi connectivity index (χ1) is 9.28. The summed E-state index contributed by atoms with van der Waals surface area (Å²) in [6, 6.07) is 16.6. The molecule has 0 amide bonds. The summed E-state index contributed by atoms with van der Waals surface area (Å²) in [5, 5.41) is 0. The van der Waals surface area contributed by atoms with Crippen molar-refractivity contribution in [3.8, 4) is 0 Å². The largest absolute Gasteiger partial charge is 0.331 e. The lowest BCUT2D eigenvalue weighted by atomic mass is 10.1. The zero-order valence-electron chi connectivity index (χ0n) is 11.0. The van der Waals surface area contributed by atoms with Gasteiger partial charge in [0.05, 0.1) is 11.0 Å². The Morgan fingerprint density at radius 3 is 2.58 bits per heavy atom. The van der Waals surface area contributed by atoms with Crippen LogP contribution in [0.2, 0.25) is 0 Å². The standard InChI is InChI=1S/C16H17N3/c1-19-15-9-13(11-17)7-8-14(15)18-16(19)10-12-5-3-2-4-6-12/h2-9H,10-11,17H2,1H3. The van der Waals surface area contributed by atoms with E-state index in [4.69, 9.17) is 10.7 Å². The van der Waals surface area contributed by atoms with Crippen LogP contribution in [0.25, 0.3) is 11.0 Å². The minimum Gasteiger partial charge on any atom is -0.331 e. The molecule has 0 saturated carbocycles. The predicted molar refractivity (Wildman–Crippen MR) is 77.9 cm³/mol. The number of aromatic nitrogens is 2. The number of rotatable bonds is 3. The zero-order valence-corrected chi connectivity index (χ0v) is 11.0. The van der Waals surface area contributed by atoms with Crippen molar-refractivity contribution in [2.24, 2.45) is 12.8 Å². The van der Waals surface area contributed by atoms with E-state index in [9.17, 15) is 0 Å². The first-order valence-electron chi connectivity index (χ1n) is 6.46. The van der Waals surface area contributed by atoms with Gasteiger partial charge in [0.25, 0.3) is 0 Å². The second kappa shape index (κ2) is 4.86. The summed E-state index contributed by atoms with van der Waals surface area (Å²) in [6.07, 6.45) is 0.851. The summed E-state index contributed by atoms with van der Waals surface area (Å²) in [7, 11) is 2.06. The van der Waals surface area contributed by atoms with Crippen LogP contribution in [0.1, 0.15) is 17.0 Å². The first kappa shape index (κ1) is 11.9. The van der Waals surface area contributed by atoms with E-state index in [1.54, 1.807) is 0 Å². The molecule has 0 fully saturated rings. The Kier molecular flexibility index (Phi) is 3.05. The maximum absolute atomic E-state index is 5.69. The van der Waals surface area contributed by atoms with Gasteiger partial charge >= 0.3 is 0 Å². The Morgan fingerprint density at radius 1 is 1.05 bits per heavy atom. The average Bonchev–Trinajstić information content (AvgIpc) is 2.76. The minimum absolute atomic E-state index is 0.565. The van der Waals surface area contributed by atoms with Crippen LogP contribution in [0.3, 0.4) is 0 Å². The van der Waals surface area contributed by atoms with E-state index in [1.807, 2.05) is 18.2 Å². The molecule has 3 aromatic rings. The molecule has 0 bridgehead atoms. The van der Waals surface area contributed by atoms with Crippen molar-refractivity contribution in [3.05, 3.63) is 65.5 Å². The van der Waals surface area contributed by atoms with Gasteiger partial charge in [0.2, 0.25) is 0 Å². The number of nitrogens with zero attached hydrogens (tertiary/aromatic N) is 2. The SMILES string of the molecule is Cn1c(Cc2ccccc2)nc2ccc(CN)cc21. The monoisotopic (exact) mass is 251 g/mol. The quantitative estimate of drug-likeness (QED) is 0.777. The van der Waals surface area contributed by atoms with E-state index < -0.39 is 0 Å². The van der Waals surface area contributed by atoms with Crippen LogP contribution in [-0.2, 0) is 20.0 Å². The van der Waals surface area contributed by atoms with Crippen LogP contribution in [0.15, 0.2) is 48.5 Å². The highest BCUT2D eigenvalue weighted by atomic mass is 15.1. The van der Waals surface area contributed by atoms with Crippen molar-refractivity contribution in [3.63, 3.8) is 0 Å². The highest BCUT2D eigenvalue weighted by molar-refractivity contribution is 5.77. The van der Waals surface area contributed by atoms with Crippen molar-refractivity contribution in [1.82, 2.24) is 9.55 Å². The van der Waals surface area contributed by atoms with Gasteiger partial charge in [-0.25, -0.2) is 4.98 Å². The van der Waals surface area contributed by atoms with Crippen LogP contribution in [-0.4, -0.2) is 9.55 Å². The lowest BCUT2D eigenvalue weighted by Crippen LogP contribution is -1.99. The highest BCUT2D eigenvalue weighted by Crippen LogP contribution is 2.18. The van der Waals surface area contributed by atoms with E-state index in [-0.39, 0.29) is 0 Å². The molecule has 2 aromatic carbocycles. The van der Waals surface area contributed by atoms with Crippen LogP contribution in [0.4, 0.5) is 0 Å². The molecule has 0 aliphatic carbocycles. The van der Waals surface area contributed by atoms with Crippen LogP contribution in [0.5, 0.6) is 0 Å². The van der Waals surface area contributed by atoms with Gasteiger partial charge in [-0.2, -0.15) is 0 Å². The van der Waals surface area contributed by atoms with Gasteiger partial charge in [-0.3, -0.25) is 0 Å². The second-order valence-electron chi connectivity index (χ2n) is 4.78. The summed E-state index contributed by atoms with van der Waals surface area (Å²) in [4.78, 5) is 4.71. The maximum Gasteiger partial charge on any atom is 0.114 e. The van der Waals surface area contributed by atoms with Gasteiger partial charge < -0.3 is 10.3 Å². The van der Waals surface area contributed by atoms with Crippen LogP contribution >= 0.6 is 0 Å². The fourth-order valence-corrected chi connectivity index (χ4v) is 2.35. The molecule has 0 atom stereocenters. The lowest BCUT2D eigenvalue weighted by molar-refractivity contribution is 0.844. The van der Waals surface area contributed by atoms with Crippen molar-refractivity contribution in [1.29, 1.82) is 0 Å². The van der Waals surface area contributed by atoms with E-state index in [0.717, 1.165) is 28.8 Å². The van der Waals surface area contributed by atoms with Crippen LogP contribution < -0.4 is 5.73 Å². The average molecular weight is 251 g/mol. The molecule has 0 saturated heterocycles. The number of benzene rings is 2. The number of fused-ring (bicyclic) bond motifs is 1. The summed E-state index contributed by atoms with van der Waals surface area (Å²) < 4.78 is 2.15. The third kappa shape index (κ3) is 2.25. The molecule has 0 unspecified atom stereocenters. The predicted octanol–water partition coefficient (Wildman–Crippen LogP) is 2.62. The molecule has 3 rings (SSSR count). The molecule has 96 valence electrons. The summed E-state index contributed by atoms with van der Waals surface area (Å²) in [6.45, 7) is 0.565. The molecule has 3 heteroatoms. The molecule has 0 aliphatic heterocycles. The molecule has 3 nitrogen and oxygen atoms in total. The van der Waals surface area contributed by atoms with E-state index >= 15 is 0 Å². The lowest BCUT2D eigenvalue weighted by Gasteiger charge is -2.03. The molecule has 1 heterocycles. The molecule has 0 radical (unpaired) electrons. The van der Waals surface area contributed by atoms with Gasteiger partial charge in [0.1, 0.15) is 5.82 Å². The third-order valence-corrected chi connectivity index (χ3v) is 3.48. The Hall–Kier alpha value is -2.13. The minimum atomic E-state index is 0.565. The summed E-state index contributed by atoms with van der Waals surface area (Å²) in [5.41, 5.74) is 10.3. The number of hydrogen-bond acceptors (Lipinski definition) is 2. The maximum atomic E-state index is 5.69. The molecule has 0 aliphatic rings. The Balaban J connectivity index is 2.03. The fraction of sp³-hybridized carbons (Fsp3) is 0.188. The number of nitrogens with two attached hydrogens (primary N) is 1. The highest BCUT2D eigenvalue weighted by Gasteiger charge is 2.08. The van der Waals surface area contributed by atoms with Gasteiger partial charge in [-0.15, -0.1) is 0 Å². The summed E-state index contributed by atoms with van der Waals surface area (Å²) in [5.74, 6) is 1.08. The Bertz CT molecular complexity index is 699. The molecule has 0 spiro atoms. The van der Waals surface area contributed by atoms with Crippen molar-refractivity contribution in [2.75, 3.05) is 0 Å². The van der Waals surface area contributed by atoms with Crippen LogP contribution in [0, 0.1) is 0 Å². The van der Waals surface area contributed by atoms with Gasteiger partial charge in [0.15, 0.2) is 0 Å². The molecule has 2 N–H and O–H groups in total. The molecular formula is C16H17N3. The van der Waals surface area contributed by atoms with Gasteiger partial charge in [-0.05, 0) is 23.3 Å². The fourth-order valence-electron chi connectivity index (χ4n) is 2.35. The second-order valence-corrected chi connectivity index (χ2v) is 4.78. The number of imidazole rings is 1.